The minimum Gasteiger partial charge on any atom is -0.373 e. The molecule has 0 saturated heterocycles. The molecule has 1 aromatic heterocycles. The maximum absolute atomic E-state index is 4.12. The van der Waals surface area contributed by atoms with Gasteiger partial charge in [-0.25, -0.2) is 0 Å². The van der Waals surface area contributed by atoms with Gasteiger partial charge in [-0.2, -0.15) is 0 Å². The summed E-state index contributed by atoms with van der Waals surface area (Å²) in [5, 5.41) is 5.20. The monoisotopic (exact) mass is 222 g/mol. The second-order valence-corrected chi connectivity index (χ2v) is 4.32. The Morgan fingerprint density at radius 3 is 3.00 bits per heavy atom. The lowest BCUT2D eigenvalue weighted by molar-refractivity contribution is 0.474. The van der Waals surface area contributed by atoms with E-state index in [1.165, 1.54) is 10.4 Å². The highest BCUT2D eigenvalue weighted by Crippen LogP contribution is 2.25. The molecule has 3 heteroatoms. The zero-order valence-corrected chi connectivity index (χ0v) is 10.2. The average Bonchev–Trinajstić information content (AvgIpc) is 2.72. The van der Waals surface area contributed by atoms with Crippen LogP contribution in [0.2, 0.25) is 0 Å². The third-order valence-corrected chi connectivity index (χ3v) is 3.26. The molecule has 0 aliphatic heterocycles. The fourth-order valence-corrected chi connectivity index (χ4v) is 2.10. The van der Waals surface area contributed by atoms with Gasteiger partial charge >= 0.3 is 0 Å². The van der Waals surface area contributed by atoms with Crippen LogP contribution in [0.5, 0.6) is 0 Å². The van der Waals surface area contributed by atoms with E-state index in [2.05, 4.69) is 41.9 Å². The van der Waals surface area contributed by atoms with Crippen LogP contribution in [0.15, 0.2) is 24.6 Å². The normalized spacial score (nSPS) is 10.0. The Morgan fingerprint density at radius 2 is 2.40 bits per heavy atom. The first-order chi connectivity index (χ1) is 7.20. The Labute approximate surface area is 95.9 Å². The van der Waals surface area contributed by atoms with Crippen LogP contribution in [0.3, 0.4) is 0 Å². The molecule has 0 spiro atoms. The lowest BCUT2D eigenvalue weighted by Crippen LogP contribution is -2.25. The zero-order chi connectivity index (χ0) is 11.3. The highest BCUT2D eigenvalue weighted by molar-refractivity contribution is 7.11. The summed E-state index contributed by atoms with van der Waals surface area (Å²) >= 11 is 1.70. The third kappa shape index (κ3) is 2.94. The molecule has 0 atom stereocenters. The summed E-state index contributed by atoms with van der Waals surface area (Å²) in [6.07, 6.45) is 1.89. The predicted molar refractivity (Wildman–Crippen MR) is 70.0 cm³/mol. The molecule has 1 rings (SSSR count). The molecule has 0 aliphatic rings. The number of nitrogens with one attached hydrogen (secondary N) is 1. The molecule has 1 aromatic rings. The van der Waals surface area contributed by atoms with Crippen LogP contribution in [0, 0.1) is 0 Å². The molecule has 0 bridgehead atoms. The molecule has 15 heavy (non-hydrogen) atoms. The second kappa shape index (κ2) is 5.73. The van der Waals surface area contributed by atoms with Crippen molar-refractivity contribution in [2.75, 3.05) is 27.2 Å². The Hall–Kier alpha value is -1.06. The maximum atomic E-state index is 4.12. The molecule has 1 heterocycles. The van der Waals surface area contributed by atoms with E-state index in [0.29, 0.717) is 0 Å². The van der Waals surface area contributed by atoms with E-state index in [1.54, 1.807) is 11.3 Å². The van der Waals surface area contributed by atoms with E-state index in [-0.39, 0.29) is 0 Å². The van der Waals surface area contributed by atoms with Crippen LogP contribution in [0.1, 0.15) is 10.4 Å². The van der Waals surface area contributed by atoms with Crippen LogP contribution in [-0.4, -0.2) is 32.1 Å². The van der Waals surface area contributed by atoms with E-state index < -0.39 is 0 Å². The standard InChI is InChI=1S/C12H18N2S/c1-5-12-11(6-9-15-12)10(2)14(4)8-7-13-3/h5-6,9,13H,1-2,7-8H2,3-4H3. The largest absolute Gasteiger partial charge is 0.373 e. The van der Waals surface area contributed by atoms with Crippen LogP contribution < -0.4 is 5.32 Å². The summed E-state index contributed by atoms with van der Waals surface area (Å²) in [6, 6.07) is 2.10. The highest BCUT2D eigenvalue weighted by Gasteiger charge is 2.08. The van der Waals surface area contributed by atoms with Gasteiger partial charge in [0.2, 0.25) is 0 Å². The molecule has 0 aliphatic carbocycles. The van der Waals surface area contributed by atoms with E-state index >= 15 is 0 Å². The second-order valence-electron chi connectivity index (χ2n) is 3.37. The van der Waals surface area contributed by atoms with Crippen molar-refractivity contribution >= 4 is 23.1 Å². The van der Waals surface area contributed by atoms with Gasteiger partial charge < -0.3 is 10.2 Å². The van der Waals surface area contributed by atoms with Crippen LogP contribution >= 0.6 is 11.3 Å². The molecule has 0 fully saturated rings. The number of likely N-dealkylation sites (N-methyl/N-ethyl adjacent to an activating group) is 2. The van der Waals surface area contributed by atoms with E-state index in [0.717, 1.165) is 18.8 Å². The average molecular weight is 222 g/mol. The Kier molecular flexibility index (Phi) is 4.59. The third-order valence-electron chi connectivity index (χ3n) is 2.35. The lowest BCUT2D eigenvalue weighted by Gasteiger charge is -2.21. The number of nitrogens with zero attached hydrogens (tertiary/aromatic N) is 1. The molecule has 1 N–H and O–H groups in total. The van der Waals surface area contributed by atoms with Crippen LogP contribution in [0.25, 0.3) is 11.8 Å². The minimum absolute atomic E-state index is 0.960. The fraction of sp³-hybridized carbons (Fsp3) is 0.333. The van der Waals surface area contributed by atoms with Gasteiger partial charge in [0.15, 0.2) is 0 Å². The SMILES string of the molecule is C=Cc1sccc1C(=C)N(C)CCNC. The summed E-state index contributed by atoms with van der Waals surface area (Å²) in [5.74, 6) is 0. The van der Waals surface area contributed by atoms with E-state index in [1.807, 2.05) is 13.1 Å². The van der Waals surface area contributed by atoms with Crippen LogP contribution in [-0.2, 0) is 0 Å². The molecular weight excluding hydrogens is 204 g/mol. The number of hydrogen-bond donors (Lipinski definition) is 1. The fourth-order valence-electron chi connectivity index (χ4n) is 1.34. The first-order valence-corrected chi connectivity index (χ1v) is 5.83. The van der Waals surface area contributed by atoms with Gasteiger partial charge in [0.25, 0.3) is 0 Å². The molecule has 82 valence electrons. The first-order valence-electron chi connectivity index (χ1n) is 4.95. The summed E-state index contributed by atoms with van der Waals surface area (Å²) in [6.45, 7) is 9.84. The van der Waals surface area contributed by atoms with Gasteiger partial charge in [-0.15, -0.1) is 11.3 Å². The summed E-state index contributed by atoms with van der Waals surface area (Å²) < 4.78 is 0. The van der Waals surface area contributed by atoms with Crippen molar-refractivity contribution in [2.45, 2.75) is 0 Å². The van der Waals surface area contributed by atoms with Gasteiger partial charge in [-0.1, -0.05) is 19.2 Å². The van der Waals surface area contributed by atoms with Gasteiger partial charge in [-0.3, -0.25) is 0 Å². The van der Waals surface area contributed by atoms with Crippen molar-refractivity contribution in [1.82, 2.24) is 10.2 Å². The molecular formula is C12H18N2S. The van der Waals surface area contributed by atoms with Crippen molar-refractivity contribution in [3.63, 3.8) is 0 Å². The van der Waals surface area contributed by atoms with Crippen LogP contribution in [0.4, 0.5) is 0 Å². The van der Waals surface area contributed by atoms with Crippen molar-refractivity contribution in [1.29, 1.82) is 0 Å². The Balaban J connectivity index is 2.71. The number of hydrogen-bond acceptors (Lipinski definition) is 3. The molecule has 0 radical (unpaired) electrons. The molecule has 2 nitrogen and oxygen atoms in total. The quantitative estimate of drug-likeness (QED) is 0.795. The topological polar surface area (TPSA) is 15.3 Å². The minimum atomic E-state index is 0.960. The first kappa shape index (κ1) is 12.0. The highest BCUT2D eigenvalue weighted by atomic mass is 32.1. The van der Waals surface area contributed by atoms with Gasteiger partial charge in [0.1, 0.15) is 0 Å². The van der Waals surface area contributed by atoms with Gasteiger partial charge in [-0.05, 0) is 18.5 Å². The maximum Gasteiger partial charge on any atom is 0.0379 e. The summed E-state index contributed by atoms with van der Waals surface area (Å²) in [7, 11) is 4.01. The smallest absolute Gasteiger partial charge is 0.0379 e. The molecule has 0 aromatic carbocycles. The van der Waals surface area contributed by atoms with E-state index in [9.17, 15) is 0 Å². The van der Waals surface area contributed by atoms with Crippen molar-refractivity contribution < 1.29 is 0 Å². The number of thiophene rings is 1. The van der Waals surface area contributed by atoms with Crippen molar-refractivity contribution in [3.05, 3.63) is 35.0 Å². The number of rotatable bonds is 6. The predicted octanol–water partition coefficient (Wildman–Crippen LogP) is 2.51. The van der Waals surface area contributed by atoms with Crippen molar-refractivity contribution in [3.8, 4) is 0 Å². The Bertz CT molecular complexity index is 341. The van der Waals surface area contributed by atoms with Gasteiger partial charge in [0, 0.05) is 36.3 Å². The summed E-state index contributed by atoms with van der Waals surface area (Å²) in [4.78, 5) is 3.35. The van der Waals surface area contributed by atoms with E-state index in [4.69, 9.17) is 0 Å². The van der Waals surface area contributed by atoms with Crippen molar-refractivity contribution in [2.24, 2.45) is 0 Å². The Morgan fingerprint density at radius 1 is 1.67 bits per heavy atom. The molecule has 0 saturated carbocycles. The van der Waals surface area contributed by atoms with Gasteiger partial charge in [0.05, 0.1) is 0 Å². The lowest BCUT2D eigenvalue weighted by atomic mass is 10.2. The molecule has 0 amide bonds. The zero-order valence-electron chi connectivity index (χ0n) is 9.42. The molecule has 0 unspecified atom stereocenters. The summed E-state index contributed by atoms with van der Waals surface area (Å²) in [5.41, 5.74) is 2.25.